The SMILES string of the molecule is CCCCSCCCNC1CCCCC1. The molecule has 1 nitrogen and oxygen atoms in total. The van der Waals surface area contributed by atoms with Crippen molar-refractivity contribution in [2.45, 2.75) is 64.3 Å². The number of hydrogen-bond donors (Lipinski definition) is 1. The van der Waals surface area contributed by atoms with Gasteiger partial charge in [-0.15, -0.1) is 0 Å². The normalized spacial score (nSPS) is 18.2. The first-order valence-electron chi connectivity index (χ1n) is 6.74. The molecule has 0 aromatic carbocycles. The highest BCUT2D eigenvalue weighted by Gasteiger charge is 2.11. The van der Waals surface area contributed by atoms with Crippen molar-refractivity contribution in [2.75, 3.05) is 18.1 Å². The van der Waals surface area contributed by atoms with Gasteiger partial charge in [0.2, 0.25) is 0 Å². The third-order valence-corrected chi connectivity index (χ3v) is 4.30. The third kappa shape index (κ3) is 7.24. The summed E-state index contributed by atoms with van der Waals surface area (Å²) < 4.78 is 0. The Morgan fingerprint density at radius 3 is 2.53 bits per heavy atom. The highest BCUT2D eigenvalue weighted by Crippen LogP contribution is 2.17. The molecule has 2 heteroatoms. The maximum absolute atomic E-state index is 3.70. The van der Waals surface area contributed by atoms with E-state index in [1.165, 1.54) is 69.4 Å². The van der Waals surface area contributed by atoms with E-state index in [4.69, 9.17) is 0 Å². The zero-order valence-corrected chi connectivity index (χ0v) is 11.1. The van der Waals surface area contributed by atoms with Crippen molar-refractivity contribution in [1.29, 1.82) is 0 Å². The first-order valence-corrected chi connectivity index (χ1v) is 7.90. The van der Waals surface area contributed by atoms with Crippen molar-refractivity contribution >= 4 is 11.8 Å². The number of nitrogens with one attached hydrogen (secondary N) is 1. The summed E-state index contributed by atoms with van der Waals surface area (Å²) in [6.07, 6.45) is 11.3. The zero-order valence-electron chi connectivity index (χ0n) is 10.3. The maximum atomic E-state index is 3.70. The molecule has 0 atom stereocenters. The first-order chi connectivity index (χ1) is 7.43. The van der Waals surface area contributed by atoms with Crippen LogP contribution in [0.3, 0.4) is 0 Å². The lowest BCUT2D eigenvalue weighted by atomic mass is 9.95. The topological polar surface area (TPSA) is 12.0 Å². The molecule has 1 aliphatic carbocycles. The number of rotatable bonds is 8. The van der Waals surface area contributed by atoms with E-state index in [0.29, 0.717) is 0 Å². The van der Waals surface area contributed by atoms with Crippen LogP contribution in [0.5, 0.6) is 0 Å². The molecule has 1 N–H and O–H groups in total. The minimum atomic E-state index is 0.847. The molecule has 0 aromatic rings. The highest BCUT2D eigenvalue weighted by molar-refractivity contribution is 7.99. The van der Waals surface area contributed by atoms with E-state index < -0.39 is 0 Å². The first kappa shape index (κ1) is 13.4. The monoisotopic (exact) mass is 229 g/mol. The Bertz CT molecular complexity index is 132. The maximum Gasteiger partial charge on any atom is 0.00670 e. The molecule has 0 aromatic heterocycles. The van der Waals surface area contributed by atoms with Crippen molar-refractivity contribution in [3.63, 3.8) is 0 Å². The van der Waals surface area contributed by atoms with Crippen LogP contribution in [0.25, 0.3) is 0 Å². The lowest BCUT2D eigenvalue weighted by Crippen LogP contribution is -2.31. The fraction of sp³-hybridized carbons (Fsp3) is 1.00. The Morgan fingerprint density at radius 1 is 1.07 bits per heavy atom. The molecule has 0 amide bonds. The van der Waals surface area contributed by atoms with E-state index in [-0.39, 0.29) is 0 Å². The van der Waals surface area contributed by atoms with Crippen molar-refractivity contribution in [3.05, 3.63) is 0 Å². The van der Waals surface area contributed by atoms with E-state index >= 15 is 0 Å². The van der Waals surface area contributed by atoms with Crippen LogP contribution >= 0.6 is 11.8 Å². The molecule has 1 saturated carbocycles. The molecule has 1 fully saturated rings. The molecule has 0 saturated heterocycles. The van der Waals surface area contributed by atoms with Gasteiger partial charge in [-0.05, 0) is 43.7 Å². The summed E-state index contributed by atoms with van der Waals surface area (Å²) in [6.45, 7) is 3.51. The summed E-state index contributed by atoms with van der Waals surface area (Å²) in [5.74, 6) is 2.71. The molecule has 0 spiro atoms. The third-order valence-electron chi connectivity index (χ3n) is 3.15. The molecule has 0 heterocycles. The summed E-state index contributed by atoms with van der Waals surface area (Å²) in [5.41, 5.74) is 0. The quantitative estimate of drug-likeness (QED) is 0.635. The van der Waals surface area contributed by atoms with Crippen LogP contribution in [0.4, 0.5) is 0 Å². The molecular weight excluding hydrogens is 202 g/mol. The lowest BCUT2D eigenvalue weighted by Gasteiger charge is -2.22. The number of thioether (sulfide) groups is 1. The second-order valence-corrected chi connectivity index (χ2v) is 5.83. The second-order valence-electron chi connectivity index (χ2n) is 4.61. The van der Waals surface area contributed by atoms with E-state index in [9.17, 15) is 0 Å². The summed E-state index contributed by atoms with van der Waals surface area (Å²) in [4.78, 5) is 0. The summed E-state index contributed by atoms with van der Waals surface area (Å²) >= 11 is 2.12. The molecule has 0 unspecified atom stereocenters. The van der Waals surface area contributed by atoms with E-state index in [2.05, 4.69) is 24.0 Å². The average Bonchev–Trinajstić information content (AvgIpc) is 2.29. The van der Waals surface area contributed by atoms with E-state index in [1.807, 2.05) is 0 Å². The highest BCUT2D eigenvalue weighted by atomic mass is 32.2. The molecule has 0 bridgehead atoms. The van der Waals surface area contributed by atoms with Gasteiger partial charge in [-0.1, -0.05) is 32.6 Å². The van der Waals surface area contributed by atoms with E-state index in [0.717, 1.165) is 6.04 Å². The average molecular weight is 229 g/mol. The van der Waals surface area contributed by atoms with Gasteiger partial charge in [0.1, 0.15) is 0 Å². The smallest absolute Gasteiger partial charge is 0.00670 e. The Kier molecular flexibility index (Phi) is 8.50. The zero-order chi connectivity index (χ0) is 10.8. The number of unbranched alkanes of at least 4 members (excludes halogenated alkanes) is 1. The van der Waals surface area contributed by atoms with Crippen LogP contribution in [-0.2, 0) is 0 Å². The molecule has 0 radical (unpaired) electrons. The fourth-order valence-electron chi connectivity index (χ4n) is 2.14. The molecule has 90 valence electrons. The van der Waals surface area contributed by atoms with Gasteiger partial charge in [-0.2, -0.15) is 11.8 Å². The lowest BCUT2D eigenvalue weighted by molar-refractivity contribution is 0.375. The van der Waals surface area contributed by atoms with Crippen molar-refractivity contribution in [1.82, 2.24) is 5.32 Å². The Hall–Kier alpha value is 0.310. The van der Waals surface area contributed by atoms with Gasteiger partial charge in [0.05, 0.1) is 0 Å². The molecule has 1 rings (SSSR count). The van der Waals surface area contributed by atoms with Gasteiger partial charge in [0.25, 0.3) is 0 Å². The Balaban J connectivity index is 1.79. The van der Waals surface area contributed by atoms with Gasteiger partial charge in [-0.25, -0.2) is 0 Å². The standard InChI is InChI=1S/C13H27NS/c1-2-3-11-15-12-7-10-14-13-8-5-4-6-9-13/h13-14H,2-12H2,1H3. The van der Waals surface area contributed by atoms with Crippen LogP contribution in [-0.4, -0.2) is 24.1 Å². The van der Waals surface area contributed by atoms with E-state index in [1.54, 1.807) is 0 Å². The minimum Gasteiger partial charge on any atom is -0.314 e. The van der Waals surface area contributed by atoms with Gasteiger partial charge < -0.3 is 5.32 Å². The largest absolute Gasteiger partial charge is 0.314 e. The van der Waals surface area contributed by atoms with Crippen LogP contribution < -0.4 is 5.32 Å². The van der Waals surface area contributed by atoms with Crippen LogP contribution in [0.15, 0.2) is 0 Å². The summed E-state index contributed by atoms with van der Waals surface area (Å²) in [7, 11) is 0. The van der Waals surface area contributed by atoms with Gasteiger partial charge in [-0.3, -0.25) is 0 Å². The minimum absolute atomic E-state index is 0.847. The predicted molar refractivity (Wildman–Crippen MR) is 71.7 cm³/mol. The number of hydrogen-bond acceptors (Lipinski definition) is 2. The van der Waals surface area contributed by atoms with Crippen LogP contribution in [0.1, 0.15) is 58.3 Å². The van der Waals surface area contributed by atoms with Crippen molar-refractivity contribution < 1.29 is 0 Å². The Morgan fingerprint density at radius 2 is 1.80 bits per heavy atom. The summed E-state index contributed by atoms with van der Waals surface area (Å²) in [6, 6.07) is 0.847. The molecular formula is C13H27NS. The Labute approximate surface area is 99.8 Å². The predicted octanol–water partition coefficient (Wildman–Crippen LogP) is 3.83. The van der Waals surface area contributed by atoms with Gasteiger partial charge >= 0.3 is 0 Å². The molecule has 0 aliphatic heterocycles. The molecule has 15 heavy (non-hydrogen) atoms. The second kappa shape index (κ2) is 9.53. The van der Waals surface area contributed by atoms with Gasteiger partial charge in [0.15, 0.2) is 0 Å². The van der Waals surface area contributed by atoms with Crippen LogP contribution in [0, 0.1) is 0 Å². The van der Waals surface area contributed by atoms with Gasteiger partial charge in [0, 0.05) is 6.04 Å². The van der Waals surface area contributed by atoms with Crippen molar-refractivity contribution in [2.24, 2.45) is 0 Å². The van der Waals surface area contributed by atoms with Crippen molar-refractivity contribution in [3.8, 4) is 0 Å². The van der Waals surface area contributed by atoms with Crippen LogP contribution in [0.2, 0.25) is 0 Å². The fourth-order valence-corrected chi connectivity index (χ4v) is 3.18. The molecule has 1 aliphatic rings. The summed E-state index contributed by atoms with van der Waals surface area (Å²) in [5, 5.41) is 3.70.